The zero-order chi connectivity index (χ0) is 22.1. The summed E-state index contributed by atoms with van der Waals surface area (Å²) >= 11 is 0. The van der Waals surface area contributed by atoms with Crippen molar-refractivity contribution in [3.63, 3.8) is 0 Å². The van der Waals surface area contributed by atoms with Gasteiger partial charge in [-0.2, -0.15) is 0 Å². The van der Waals surface area contributed by atoms with Crippen molar-refractivity contribution < 1.29 is 8.42 Å². The molecule has 1 fully saturated rings. The topological polar surface area (TPSA) is 71.4 Å². The maximum Gasteiger partial charge on any atom is 0.214 e. The largest absolute Gasteiger partial charge is 0.285 e. The number of rotatable bonds is 8. The van der Waals surface area contributed by atoms with Gasteiger partial charge in [-0.05, 0) is 60.6 Å². The lowest BCUT2D eigenvalue weighted by atomic mass is 9.91. The molecule has 164 valence electrons. The molecule has 5 rings (SSSR count). The molecule has 1 aromatic heterocycles. The number of hydrogen-bond donors (Lipinski definition) is 1. The normalized spacial score (nSPS) is 16.5. The van der Waals surface area contributed by atoms with Crippen LogP contribution < -0.4 is 4.72 Å². The number of pyridine rings is 1. The highest BCUT2D eigenvalue weighted by Gasteiger charge is 2.35. The van der Waals surface area contributed by atoms with Crippen molar-refractivity contribution in [2.45, 2.75) is 43.9 Å². The average molecular weight is 446 g/mol. The van der Waals surface area contributed by atoms with Gasteiger partial charge in [-0.25, -0.2) is 13.1 Å². The first-order valence-corrected chi connectivity index (χ1v) is 12.7. The molecule has 0 bridgehead atoms. The predicted molar refractivity (Wildman–Crippen MR) is 128 cm³/mol. The zero-order valence-corrected chi connectivity index (χ0v) is 19.0. The number of aromatic nitrogens is 1. The second kappa shape index (κ2) is 8.60. The molecule has 1 aliphatic carbocycles. The van der Waals surface area contributed by atoms with Crippen LogP contribution in [0.15, 0.2) is 72.0 Å². The van der Waals surface area contributed by atoms with E-state index in [1.807, 2.05) is 30.6 Å². The van der Waals surface area contributed by atoms with E-state index >= 15 is 0 Å². The molecule has 6 heteroatoms. The van der Waals surface area contributed by atoms with Gasteiger partial charge in [0.1, 0.15) is 0 Å². The van der Waals surface area contributed by atoms with Gasteiger partial charge in [0.25, 0.3) is 0 Å². The first kappa shape index (κ1) is 21.0. The van der Waals surface area contributed by atoms with Crippen molar-refractivity contribution in [2.75, 3.05) is 6.54 Å². The van der Waals surface area contributed by atoms with Crippen LogP contribution >= 0.6 is 0 Å². The summed E-state index contributed by atoms with van der Waals surface area (Å²) in [5.74, 6) is 0.0381. The van der Waals surface area contributed by atoms with Crippen LogP contribution in [-0.2, 0) is 23.0 Å². The lowest BCUT2D eigenvalue weighted by Gasteiger charge is -2.19. The molecule has 0 unspecified atom stereocenters. The highest BCUT2D eigenvalue weighted by molar-refractivity contribution is 7.90. The minimum atomic E-state index is -3.22. The van der Waals surface area contributed by atoms with E-state index < -0.39 is 10.0 Å². The number of nitrogens with one attached hydrogen (secondary N) is 1. The number of nitrogens with zero attached hydrogens (tertiary/aromatic N) is 2. The molecule has 1 atom stereocenters. The van der Waals surface area contributed by atoms with Crippen LogP contribution in [0.5, 0.6) is 0 Å². The number of hydrogen-bond acceptors (Lipinski definition) is 4. The summed E-state index contributed by atoms with van der Waals surface area (Å²) < 4.78 is 27.7. The molecular formula is C26H27N3O2S. The van der Waals surface area contributed by atoms with Crippen molar-refractivity contribution in [3.05, 3.63) is 89.2 Å². The molecule has 3 aromatic rings. The molecule has 2 aromatic carbocycles. The van der Waals surface area contributed by atoms with Gasteiger partial charge in [0, 0.05) is 41.7 Å². The Morgan fingerprint density at radius 3 is 2.62 bits per heavy atom. The summed E-state index contributed by atoms with van der Waals surface area (Å²) in [5.41, 5.74) is 7.97. The summed E-state index contributed by atoms with van der Waals surface area (Å²) in [5, 5.41) is -0.212. The van der Waals surface area contributed by atoms with Gasteiger partial charge in [-0.15, -0.1) is 0 Å². The van der Waals surface area contributed by atoms with Crippen LogP contribution in [0.25, 0.3) is 11.1 Å². The summed E-state index contributed by atoms with van der Waals surface area (Å²) in [6.45, 7) is 3.20. The Kier molecular flexibility index (Phi) is 5.66. The molecule has 0 spiro atoms. The van der Waals surface area contributed by atoms with Gasteiger partial charge >= 0.3 is 0 Å². The molecule has 2 aliphatic rings. The maximum atomic E-state index is 12.4. The van der Waals surface area contributed by atoms with Crippen LogP contribution in [-0.4, -0.2) is 30.9 Å². The van der Waals surface area contributed by atoms with Crippen molar-refractivity contribution in [1.29, 1.82) is 0 Å². The van der Waals surface area contributed by atoms with Crippen molar-refractivity contribution in [2.24, 2.45) is 4.99 Å². The molecule has 0 saturated heterocycles. The standard InChI is InChI=1S/C26H27N3O2S/c1-18-26-13-21(7-8-22(26)16-28-18)23-11-19(14-27-15-23)12-24(20-5-3-2-4-6-20)17-29-32(30,31)25-9-10-25/h2-8,11,13-15,24-25,29H,9-10,12,16-17H2,1H3/t24-/m0/s1. The monoisotopic (exact) mass is 445 g/mol. The van der Waals surface area contributed by atoms with Crippen LogP contribution in [0, 0.1) is 0 Å². The molecule has 1 N–H and O–H groups in total. The van der Waals surface area contributed by atoms with E-state index in [2.05, 4.69) is 58.0 Å². The SMILES string of the molecule is CC1=NCc2ccc(-c3cncc(C[C@@H](CNS(=O)(=O)C4CC4)c4ccccc4)c3)cc21. The third kappa shape index (κ3) is 4.52. The number of sulfonamides is 1. The molecule has 1 aliphatic heterocycles. The summed E-state index contributed by atoms with van der Waals surface area (Å²) in [6.07, 6.45) is 6.02. The van der Waals surface area contributed by atoms with E-state index in [0.29, 0.717) is 13.0 Å². The van der Waals surface area contributed by atoms with Gasteiger partial charge in [0.2, 0.25) is 10.0 Å². The highest BCUT2D eigenvalue weighted by Crippen LogP contribution is 2.30. The zero-order valence-electron chi connectivity index (χ0n) is 18.2. The number of benzene rings is 2. The lowest BCUT2D eigenvalue weighted by molar-refractivity contribution is 0.567. The summed E-state index contributed by atoms with van der Waals surface area (Å²) in [4.78, 5) is 9.03. The van der Waals surface area contributed by atoms with Gasteiger partial charge in [-0.3, -0.25) is 9.98 Å². The van der Waals surface area contributed by atoms with E-state index in [-0.39, 0.29) is 11.2 Å². The van der Waals surface area contributed by atoms with Crippen molar-refractivity contribution in [1.82, 2.24) is 9.71 Å². The van der Waals surface area contributed by atoms with Gasteiger partial charge in [0.05, 0.1) is 11.8 Å². The quantitative estimate of drug-likeness (QED) is 0.556. The molecule has 0 radical (unpaired) electrons. The van der Waals surface area contributed by atoms with E-state index in [4.69, 9.17) is 0 Å². The van der Waals surface area contributed by atoms with Gasteiger partial charge < -0.3 is 0 Å². The minimum absolute atomic E-state index is 0.0381. The van der Waals surface area contributed by atoms with E-state index in [0.717, 1.165) is 47.4 Å². The van der Waals surface area contributed by atoms with Gasteiger partial charge in [-0.1, -0.05) is 42.5 Å². The number of aliphatic imine (C=N–C) groups is 1. The summed E-state index contributed by atoms with van der Waals surface area (Å²) in [7, 11) is -3.22. The maximum absolute atomic E-state index is 12.4. The lowest BCUT2D eigenvalue weighted by Crippen LogP contribution is -2.32. The van der Waals surface area contributed by atoms with E-state index in [1.165, 1.54) is 11.1 Å². The van der Waals surface area contributed by atoms with Crippen LogP contribution in [0.4, 0.5) is 0 Å². The average Bonchev–Trinajstić information content (AvgIpc) is 3.62. The molecule has 5 nitrogen and oxygen atoms in total. The minimum Gasteiger partial charge on any atom is -0.285 e. The first-order valence-electron chi connectivity index (χ1n) is 11.1. The first-order chi connectivity index (χ1) is 15.5. The van der Waals surface area contributed by atoms with E-state index in [1.54, 1.807) is 0 Å². The van der Waals surface area contributed by atoms with Crippen LogP contribution in [0.1, 0.15) is 47.9 Å². The van der Waals surface area contributed by atoms with Crippen LogP contribution in [0.3, 0.4) is 0 Å². The van der Waals surface area contributed by atoms with E-state index in [9.17, 15) is 8.42 Å². The van der Waals surface area contributed by atoms with Crippen molar-refractivity contribution >= 4 is 15.7 Å². The Morgan fingerprint density at radius 2 is 1.84 bits per heavy atom. The molecule has 0 amide bonds. The fourth-order valence-corrected chi connectivity index (χ4v) is 5.73. The van der Waals surface area contributed by atoms with Crippen molar-refractivity contribution in [3.8, 4) is 11.1 Å². The smallest absolute Gasteiger partial charge is 0.214 e. The fourth-order valence-electron chi connectivity index (χ4n) is 4.31. The Labute approximate surface area is 189 Å². The Balaban J connectivity index is 1.39. The fraction of sp³-hybridized carbons (Fsp3) is 0.308. The summed E-state index contributed by atoms with van der Waals surface area (Å²) in [6, 6.07) is 18.8. The number of fused-ring (bicyclic) bond motifs is 1. The van der Waals surface area contributed by atoms with Crippen LogP contribution in [0.2, 0.25) is 0 Å². The highest BCUT2D eigenvalue weighted by atomic mass is 32.2. The molecule has 2 heterocycles. The second-order valence-electron chi connectivity index (χ2n) is 8.76. The molecule has 32 heavy (non-hydrogen) atoms. The second-order valence-corrected chi connectivity index (χ2v) is 10.8. The Bertz CT molecular complexity index is 1270. The third-order valence-electron chi connectivity index (χ3n) is 6.36. The third-order valence-corrected chi connectivity index (χ3v) is 8.28. The Hall–Kier alpha value is -2.83. The van der Waals surface area contributed by atoms with Gasteiger partial charge in [0.15, 0.2) is 0 Å². The Morgan fingerprint density at radius 1 is 1.03 bits per heavy atom. The molecule has 1 saturated carbocycles. The molecular weight excluding hydrogens is 418 g/mol. The predicted octanol–water partition coefficient (Wildman–Crippen LogP) is 4.48.